The summed E-state index contributed by atoms with van der Waals surface area (Å²) in [6, 6.07) is 21.6. The summed E-state index contributed by atoms with van der Waals surface area (Å²) in [6.45, 7) is 1.84. The van der Waals surface area contributed by atoms with E-state index in [1.807, 2.05) is 37.3 Å². The minimum Gasteiger partial charge on any atom is -0.478 e. The van der Waals surface area contributed by atoms with Crippen molar-refractivity contribution in [3.63, 3.8) is 0 Å². The molecule has 7 heteroatoms. The number of aromatic carboxylic acids is 1. The summed E-state index contributed by atoms with van der Waals surface area (Å²) >= 11 is 5.98. The second-order valence-corrected chi connectivity index (χ2v) is 8.75. The normalized spacial score (nSPS) is 12.7. The van der Waals surface area contributed by atoms with Crippen LogP contribution in [0.1, 0.15) is 51.1 Å². The zero-order valence-electron chi connectivity index (χ0n) is 18.9. The van der Waals surface area contributed by atoms with Crippen LogP contribution < -0.4 is 0 Å². The van der Waals surface area contributed by atoms with Crippen LogP contribution in [0.25, 0.3) is 11.1 Å². The van der Waals surface area contributed by atoms with Crippen LogP contribution in [-0.4, -0.2) is 16.1 Å². The van der Waals surface area contributed by atoms with E-state index in [0.717, 1.165) is 27.9 Å². The molecule has 0 bridgehead atoms. The Labute approximate surface area is 207 Å². The van der Waals surface area contributed by atoms with Gasteiger partial charge < -0.3 is 5.11 Å². The van der Waals surface area contributed by atoms with Gasteiger partial charge in [-0.1, -0.05) is 59.2 Å². The van der Waals surface area contributed by atoms with Crippen LogP contribution in [0.4, 0.5) is 4.39 Å². The van der Waals surface area contributed by atoms with Crippen molar-refractivity contribution in [3.05, 3.63) is 129 Å². The summed E-state index contributed by atoms with van der Waals surface area (Å²) in [7, 11) is 0. The van der Waals surface area contributed by atoms with Crippen molar-refractivity contribution < 1.29 is 14.3 Å². The molecule has 176 valence electrons. The molecule has 0 saturated carbocycles. The SMILES string of the molecule is Cc1cc(C(CC(c2ccc(-c3ccc(C(=O)O)cc3)cc2)c2ccc(Cl)cc2F)N=O)ccn1. The van der Waals surface area contributed by atoms with E-state index in [-0.39, 0.29) is 12.0 Å². The number of carboxylic acid groups (broad SMARTS) is 1. The second-order valence-electron chi connectivity index (χ2n) is 8.31. The monoisotopic (exact) mass is 488 g/mol. The fraction of sp³-hybridized carbons (Fsp3) is 0.143. The lowest BCUT2D eigenvalue weighted by Gasteiger charge is -2.22. The molecule has 5 nitrogen and oxygen atoms in total. The summed E-state index contributed by atoms with van der Waals surface area (Å²) in [6.07, 6.45) is 1.89. The quantitative estimate of drug-likeness (QED) is 0.259. The average molecular weight is 489 g/mol. The Bertz CT molecular complexity index is 1360. The summed E-state index contributed by atoms with van der Waals surface area (Å²) < 4.78 is 15.0. The molecule has 1 N–H and O–H groups in total. The third kappa shape index (κ3) is 5.61. The first kappa shape index (κ1) is 24.2. The van der Waals surface area contributed by atoms with Gasteiger partial charge in [0.25, 0.3) is 0 Å². The number of hydrogen-bond acceptors (Lipinski definition) is 4. The first-order valence-corrected chi connectivity index (χ1v) is 11.4. The lowest BCUT2D eigenvalue weighted by atomic mass is 9.83. The molecule has 0 aliphatic heterocycles. The van der Waals surface area contributed by atoms with E-state index in [1.54, 1.807) is 48.7 Å². The van der Waals surface area contributed by atoms with Crippen molar-refractivity contribution >= 4 is 17.6 Å². The highest BCUT2D eigenvalue weighted by molar-refractivity contribution is 6.30. The van der Waals surface area contributed by atoms with Gasteiger partial charge in [-0.2, -0.15) is 4.91 Å². The van der Waals surface area contributed by atoms with Crippen LogP contribution in [0, 0.1) is 17.6 Å². The largest absolute Gasteiger partial charge is 0.478 e. The number of halogens is 2. The van der Waals surface area contributed by atoms with E-state index in [4.69, 9.17) is 16.7 Å². The van der Waals surface area contributed by atoms with Crippen molar-refractivity contribution in [2.24, 2.45) is 5.18 Å². The molecule has 0 saturated heterocycles. The van der Waals surface area contributed by atoms with Crippen LogP contribution in [0.2, 0.25) is 5.02 Å². The van der Waals surface area contributed by atoms with Gasteiger partial charge in [-0.15, -0.1) is 0 Å². The average Bonchev–Trinajstić information content (AvgIpc) is 2.86. The molecule has 0 radical (unpaired) electrons. The molecule has 35 heavy (non-hydrogen) atoms. The first-order chi connectivity index (χ1) is 16.9. The molecule has 1 aromatic heterocycles. The van der Waals surface area contributed by atoms with Gasteiger partial charge in [-0.05, 0) is 77.6 Å². The van der Waals surface area contributed by atoms with E-state index < -0.39 is 23.7 Å². The van der Waals surface area contributed by atoms with Crippen molar-refractivity contribution in [2.75, 3.05) is 0 Å². The van der Waals surface area contributed by atoms with Gasteiger partial charge in [-0.25, -0.2) is 9.18 Å². The summed E-state index contributed by atoms with van der Waals surface area (Å²) in [5, 5.41) is 12.8. The molecular formula is C28H22ClFN2O3. The number of nitroso groups, excluding NO2 is 1. The van der Waals surface area contributed by atoms with E-state index in [1.165, 1.54) is 6.07 Å². The topological polar surface area (TPSA) is 79.6 Å². The third-order valence-corrected chi connectivity index (χ3v) is 6.24. The standard InChI is InChI=1S/C28H22ClFN2O3/c1-17-14-22(12-13-31-17)27(32-35)16-25(24-11-10-23(29)15-26(24)30)20-6-2-18(3-7-20)19-4-8-21(9-5-19)28(33)34/h2-15,25,27H,16H2,1H3,(H,33,34). The molecule has 4 rings (SSSR count). The van der Waals surface area contributed by atoms with Crippen molar-refractivity contribution in [3.8, 4) is 11.1 Å². The molecule has 0 spiro atoms. The van der Waals surface area contributed by atoms with Gasteiger partial charge >= 0.3 is 5.97 Å². The van der Waals surface area contributed by atoms with Gasteiger partial charge in [-0.3, -0.25) is 4.98 Å². The number of nitrogens with zero attached hydrogens (tertiary/aromatic N) is 2. The summed E-state index contributed by atoms with van der Waals surface area (Å²) in [4.78, 5) is 27.1. The number of aromatic nitrogens is 1. The lowest BCUT2D eigenvalue weighted by Crippen LogP contribution is -2.09. The number of pyridine rings is 1. The van der Waals surface area contributed by atoms with Crippen LogP contribution in [0.3, 0.4) is 0 Å². The fourth-order valence-corrected chi connectivity index (χ4v) is 4.34. The summed E-state index contributed by atoms with van der Waals surface area (Å²) in [5.41, 5.74) is 4.68. The molecule has 0 amide bonds. The Morgan fingerprint density at radius 3 is 2.20 bits per heavy atom. The Kier molecular flexibility index (Phi) is 7.32. The molecule has 0 aliphatic rings. The number of carbonyl (C=O) groups is 1. The van der Waals surface area contributed by atoms with Crippen LogP contribution >= 0.6 is 11.6 Å². The van der Waals surface area contributed by atoms with Crippen LogP contribution in [0.5, 0.6) is 0 Å². The number of carboxylic acids is 1. The Balaban J connectivity index is 1.70. The first-order valence-electron chi connectivity index (χ1n) is 11.0. The lowest BCUT2D eigenvalue weighted by molar-refractivity contribution is 0.0697. The van der Waals surface area contributed by atoms with Crippen molar-refractivity contribution in [1.82, 2.24) is 4.98 Å². The molecular weight excluding hydrogens is 467 g/mol. The smallest absolute Gasteiger partial charge is 0.335 e. The maximum absolute atomic E-state index is 15.0. The van der Waals surface area contributed by atoms with Crippen LogP contribution in [-0.2, 0) is 0 Å². The number of benzene rings is 3. The Morgan fingerprint density at radius 1 is 0.971 bits per heavy atom. The van der Waals surface area contributed by atoms with Gasteiger partial charge in [0.05, 0.1) is 5.56 Å². The van der Waals surface area contributed by atoms with Crippen LogP contribution in [0.15, 0.2) is 90.2 Å². The van der Waals surface area contributed by atoms with Gasteiger partial charge in [0.2, 0.25) is 0 Å². The van der Waals surface area contributed by atoms with Gasteiger partial charge in [0.15, 0.2) is 0 Å². The maximum atomic E-state index is 15.0. The maximum Gasteiger partial charge on any atom is 0.335 e. The van der Waals surface area contributed by atoms with Crippen molar-refractivity contribution in [2.45, 2.75) is 25.3 Å². The molecule has 0 aliphatic carbocycles. The molecule has 0 fully saturated rings. The molecule has 2 atom stereocenters. The third-order valence-electron chi connectivity index (χ3n) is 6.01. The Hall–Kier alpha value is -3.90. The van der Waals surface area contributed by atoms with E-state index in [0.29, 0.717) is 10.6 Å². The van der Waals surface area contributed by atoms with E-state index in [9.17, 15) is 9.70 Å². The fourth-order valence-electron chi connectivity index (χ4n) is 4.18. The molecule has 3 aromatic carbocycles. The van der Waals surface area contributed by atoms with E-state index in [2.05, 4.69) is 10.2 Å². The molecule has 1 heterocycles. The Morgan fingerprint density at radius 2 is 1.63 bits per heavy atom. The predicted molar refractivity (Wildman–Crippen MR) is 134 cm³/mol. The number of rotatable bonds is 8. The zero-order valence-corrected chi connectivity index (χ0v) is 19.6. The second kappa shape index (κ2) is 10.6. The molecule has 2 unspecified atom stereocenters. The highest BCUT2D eigenvalue weighted by Gasteiger charge is 2.25. The van der Waals surface area contributed by atoms with Gasteiger partial charge in [0, 0.05) is 22.8 Å². The van der Waals surface area contributed by atoms with Crippen molar-refractivity contribution in [1.29, 1.82) is 0 Å². The highest BCUT2D eigenvalue weighted by Crippen LogP contribution is 2.38. The zero-order chi connectivity index (χ0) is 24.9. The highest BCUT2D eigenvalue weighted by atomic mass is 35.5. The predicted octanol–water partition coefficient (Wildman–Crippen LogP) is 7.58. The minimum absolute atomic E-state index is 0.211. The minimum atomic E-state index is -0.984. The summed E-state index contributed by atoms with van der Waals surface area (Å²) in [5.74, 6) is -1.89. The number of aryl methyl sites for hydroxylation is 1. The number of hydrogen-bond donors (Lipinski definition) is 1. The van der Waals surface area contributed by atoms with Gasteiger partial charge in [0.1, 0.15) is 11.9 Å². The van der Waals surface area contributed by atoms with E-state index >= 15 is 4.39 Å². The molecule has 4 aromatic rings.